The Morgan fingerprint density at radius 2 is 2.00 bits per heavy atom. The van der Waals surface area contributed by atoms with E-state index < -0.39 is 0 Å². The lowest BCUT2D eigenvalue weighted by Crippen LogP contribution is -2.19. The Labute approximate surface area is 101 Å². The first-order chi connectivity index (χ1) is 7.00. The number of pyridine rings is 1. The van der Waals surface area contributed by atoms with Crippen LogP contribution in [0.25, 0.3) is 10.9 Å². The van der Waals surface area contributed by atoms with Crippen molar-refractivity contribution < 1.29 is 0 Å². The van der Waals surface area contributed by atoms with E-state index in [2.05, 4.69) is 15.9 Å². The van der Waals surface area contributed by atoms with Crippen LogP contribution in [-0.2, 0) is 7.05 Å². The van der Waals surface area contributed by atoms with Crippen LogP contribution in [0.5, 0.6) is 0 Å². The van der Waals surface area contributed by atoms with Crippen LogP contribution in [0.1, 0.15) is 5.56 Å². The molecule has 0 aliphatic rings. The van der Waals surface area contributed by atoms with Crippen LogP contribution >= 0.6 is 27.5 Å². The number of aromatic nitrogens is 1. The third kappa shape index (κ3) is 1.70. The van der Waals surface area contributed by atoms with Crippen LogP contribution in [0.2, 0.25) is 5.02 Å². The molecular weight excluding hydrogens is 277 g/mol. The minimum absolute atomic E-state index is 0.0108. The standard InChI is InChI=1S/C11H9BrClNO/c1-6-3-8-9(12)4-7(13)5-10(8)14(2)11(6)15/h3-5H,1-2H3. The van der Waals surface area contributed by atoms with Gasteiger partial charge in [0.15, 0.2) is 0 Å². The van der Waals surface area contributed by atoms with Crippen molar-refractivity contribution in [2.45, 2.75) is 6.92 Å². The maximum Gasteiger partial charge on any atom is 0.253 e. The van der Waals surface area contributed by atoms with Gasteiger partial charge >= 0.3 is 0 Å². The molecule has 1 aromatic heterocycles. The zero-order valence-corrected chi connectivity index (χ0v) is 10.7. The molecule has 0 bridgehead atoms. The van der Waals surface area contributed by atoms with E-state index in [4.69, 9.17) is 11.6 Å². The Hall–Kier alpha value is -0.800. The number of fused-ring (bicyclic) bond motifs is 1. The van der Waals surface area contributed by atoms with E-state index in [9.17, 15) is 4.79 Å². The van der Waals surface area contributed by atoms with E-state index in [1.807, 2.05) is 19.1 Å². The second-order valence-corrected chi connectivity index (χ2v) is 4.80. The monoisotopic (exact) mass is 285 g/mol. The number of hydrogen-bond donors (Lipinski definition) is 0. The molecule has 0 fully saturated rings. The maximum atomic E-state index is 11.7. The topological polar surface area (TPSA) is 22.0 Å². The van der Waals surface area contributed by atoms with Crippen LogP contribution in [0.15, 0.2) is 27.5 Å². The van der Waals surface area contributed by atoms with Gasteiger partial charge in [-0.25, -0.2) is 0 Å². The van der Waals surface area contributed by atoms with Crippen LogP contribution in [0, 0.1) is 6.92 Å². The molecule has 0 amide bonds. The van der Waals surface area contributed by atoms with Crippen molar-refractivity contribution in [2.24, 2.45) is 7.05 Å². The molecule has 1 heterocycles. The Kier molecular flexibility index (Phi) is 2.61. The number of rotatable bonds is 0. The van der Waals surface area contributed by atoms with Gasteiger partial charge in [0, 0.05) is 27.5 Å². The summed E-state index contributed by atoms with van der Waals surface area (Å²) in [7, 11) is 1.75. The number of benzene rings is 1. The second kappa shape index (κ2) is 3.65. The summed E-state index contributed by atoms with van der Waals surface area (Å²) in [6, 6.07) is 5.49. The molecule has 2 aromatic rings. The molecule has 4 heteroatoms. The predicted octanol–water partition coefficient (Wildman–Crippen LogP) is 3.26. The lowest BCUT2D eigenvalue weighted by Gasteiger charge is -2.08. The number of hydrogen-bond acceptors (Lipinski definition) is 1. The molecule has 0 spiro atoms. The third-order valence-corrected chi connectivity index (χ3v) is 3.31. The summed E-state index contributed by atoms with van der Waals surface area (Å²) in [5.74, 6) is 0. The number of halogens is 2. The Morgan fingerprint density at radius 3 is 2.67 bits per heavy atom. The summed E-state index contributed by atoms with van der Waals surface area (Å²) in [6.45, 7) is 1.81. The van der Waals surface area contributed by atoms with Gasteiger partial charge in [0.2, 0.25) is 0 Å². The normalized spacial score (nSPS) is 10.9. The molecule has 2 rings (SSSR count). The van der Waals surface area contributed by atoms with Gasteiger partial charge in [-0.1, -0.05) is 27.5 Å². The van der Waals surface area contributed by atoms with Crippen molar-refractivity contribution in [1.82, 2.24) is 4.57 Å². The van der Waals surface area contributed by atoms with E-state index in [-0.39, 0.29) is 5.56 Å². The van der Waals surface area contributed by atoms with Gasteiger partial charge in [-0.05, 0) is 25.1 Å². The maximum absolute atomic E-state index is 11.7. The number of nitrogens with zero attached hydrogens (tertiary/aromatic N) is 1. The Morgan fingerprint density at radius 1 is 1.33 bits per heavy atom. The summed E-state index contributed by atoms with van der Waals surface area (Å²) in [4.78, 5) is 11.7. The van der Waals surface area contributed by atoms with Gasteiger partial charge < -0.3 is 4.57 Å². The Balaban J connectivity index is 3.05. The van der Waals surface area contributed by atoms with E-state index in [1.165, 1.54) is 0 Å². The van der Waals surface area contributed by atoms with Crippen molar-refractivity contribution in [3.05, 3.63) is 43.6 Å². The summed E-state index contributed by atoms with van der Waals surface area (Å²) in [6.07, 6.45) is 0. The van der Waals surface area contributed by atoms with Crippen LogP contribution in [-0.4, -0.2) is 4.57 Å². The second-order valence-electron chi connectivity index (χ2n) is 3.51. The van der Waals surface area contributed by atoms with Crippen molar-refractivity contribution in [1.29, 1.82) is 0 Å². The molecule has 0 aliphatic heterocycles. The van der Waals surface area contributed by atoms with Crippen molar-refractivity contribution in [2.75, 3.05) is 0 Å². The van der Waals surface area contributed by atoms with Crippen molar-refractivity contribution in [3.63, 3.8) is 0 Å². The predicted molar refractivity (Wildman–Crippen MR) is 66.6 cm³/mol. The van der Waals surface area contributed by atoms with Gasteiger partial charge in [-0.15, -0.1) is 0 Å². The highest BCUT2D eigenvalue weighted by atomic mass is 79.9. The van der Waals surface area contributed by atoms with Gasteiger partial charge in [0.1, 0.15) is 0 Å². The fourth-order valence-electron chi connectivity index (χ4n) is 1.64. The molecule has 1 aromatic carbocycles. The third-order valence-electron chi connectivity index (χ3n) is 2.44. The molecule has 0 saturated carbocycles. The molecule has 0 radical (unpaired) electrons. The van der Waals surface area contributed by atoms with E-state index >= 15 is 0 Å². The number of aryl methyl sites for hydroxylation is 2. The first-order valence-electron chi connectivity index (χ1n) is 4.46. The quantitative estimate of drug-likeness (QED) is 0.728. The minimum atomic E-state index is 0.0108. The molecule has 78 valence electrons. The summed E-state index contributed by atoms with van der Waals surface area (Å²) in [5, 5.41) is 1.62. The van der Waals surface area contributed by atoms with Gasteiger partial charge in [-0.2, -0.15) is 0 Å². The first kappa shape index (κ1) is 10.7. The van der Waals surface area contributed by atoms with Gasteiger partial charge in [-0.3, -0.25) is 4.79 Å². The fraction of sp³-hybridized carbons (Fsp3) is 0.182. The molecule has 0 N–H and O–H groups in total. The lowest BCUT2D eigenvalue weighted by molar-refractivity contribution is 0.893. The molecule has 15 heavy (non-hydrogen) atoms. The van der Waals surface area contributed by atoms with Crippen LogP contribution in [0.4, 0.5) is 0 Å². The largest absolute Gasteiger partial charge is 0.311 e. The van der Waals surface area contributed by atoms with Gasteiger partial charge in [0.05, 0.1) is 5.52 Å². The fourth-order valence-corrected chi connectivity index (χ4v) is 2.55. The van der Waals surface area contributed by atoms with Crippen molar-refractivity contribution >= 4 is 38.4 Å². The molecule has 2 nitrogen and oxygen atoms in total. The summed E-state index contributed by atoms with van der Waals surface area (Å²) >= 11 is 9.38. The van der Waals surface area contributed by atoms with E-state index in [0.29, 0.717) is 5.02 Å². The van der Waals surface area contributed by atoms with E-state index in [0.717, 1.165) is 20.9 Å². The zero-order valence-electron chi connectivity index (χ0n) is 8.34. The van der Waals surface area contributed by atoms with Crippen LogP contribution < -0.4 is 5.56 Å². The highest BCUT2D eigenvalue weighted by molar-refractivity contribution is 9.10. The highest BCUT2D eigenvalue weighted by Crippen LogP contribution is 2.27. The highest BCUT2D eigenvalue weighted by Gasteiger charge is 2.07. The molecule has 0 saturated heterocycles. The summed E-state index contributed by atoms with van der Waals surface area (Å²) in [5.41, 5.74) is 1.58. The van der Waals surface area contributed by atoms with E-state index in [1.54, 1.807) is 17.7 Å². The minimum Gasteiger partial charge on any atom is -0.311 e. The molecular formula is C11H9BrClNO. The van der Waals surface area contributed by atoms with Crippen LogP contribution in [0.3, 0.4) is 0 Å². The lowest BCUT2D eigenvalue weighted by atomic mass is 10.1. The average Bonchev–Trinajstić information content (AvgIpc) is 2.17. The average molecular weight is 287 g/mol. The molecule has 0 unspecified atom stereocenters. The van der Waals surface area contributed by atoms with Crippen molar-refractivity contribution in [3.8, 4) is 0 Å². The Bertz CT molecular complexity index is 604. The first-order valence-corrected chi connectivity index (χ1v) is 5.63. The summed E-state index contributed by atoms with van der Waals surface area (Å²) < 4.78 is 2.52. The molecule has 0 atom stereocenters. The zero-order chi connectivity index (χ0) is 11.2. The SMILES string of the molecule is Cc1cc2c(Br)cc(Cl)cc2n(C)c1=O. The van der Waals surface area contributed by atoms with Gasteiger partial charge in [0.25, 0.3) is 5.56 Å². The smallest absolute Gasteiger partial charge is 0.253 e. The molecule has 0 aliphatic carbocycles.